The molecule has 2 N–H and O–H groups in total. The van der Waals surface area contributed by atoms with Crippen LogP contribution in [-0.2, 0) is 4.79 Å². The Morgan fingerprint density at radius 1 is 1.41 bits per heavy atom. The van der Waals surface area contributed by atoms with Crippen LogP contribution in [0.3, 0.4) is 0 Å². The van der Waals surface area contributed by atoms with Crippen molar-refractivity contribution in [2.75, 3.05) is 6.54 Å². The van der Waals surface area contributed by atoms with Crippen LogP contribution in [-0.4, -0.2) is 27.9 Å². The zero-order valence-electron chi connectivity index (χ0n) is 11.4. The summed E-state index contributed by atoms with van der Waals surface area (Å²) in [6, 6.07) is 0. The maximum absolute atomic E-state index is 12.7. The second-order valence-corrected chi connectivity index (χ2v) is 5.97. The van der Waals surface area contributed by atoms with Crippen molar-refractivity contribution in [3.8, 4) is 0 Å². The maximum Gasteiger partial charge on any atom is 0.236 e. The number of hydrogen-bond donors (Lipinski definition) is 1. The zero-order valence-corrected chi connectivity index (χ0v) is 12.2. The average molecular weight is 256 g/mol. The number of thiocarbonyl (C=S) groups is 1. The summed E-state index contributed by atoms with van der Waals surface area (Å²) in [6.07, 6.45) is 3.49. The van der Waals surface area contributed by atoms with Crippen molar-refractivity contribution in [1.82, 2.24) is 4.90 Å². The average Bonchev–Trinajstić information content (AvgIpc) is 2.59. The fourth-order valence-electron chi connectivity index (χ4n) is 2.75. The second kappa shape index (κ2) is 4.92. The molecule has 0 saturated carbocycles. The van der Waals surface area contributed by atoms with E-state index in [2.05, 4.69) is 13.8 Å². The molecular formula is C13H24N2OS. The highest BCUT2D eigenvalue weighted by Gasteiger charge is 2.46. The van der Waals surface area contributed by atoms with E-state index in [1.807, 2.05) is 18.7 Å². The minimum Gasteiger partial charge on any atom is -0.392 e. The Morgan fingerprint density at radius 2 is 1.94 bits per heavy atom. The normalized spacial score (nSPS) is 19.4. The molecule has 0 atom stereocenters. The lowest BCUT2D eigenvalue weighted by molar-refractivity contribution is -0.142. The van der Waals surface area contributed by atoms with Crippen molar-refractivity contribution in [3.63, 3.8) is 0 Å². The fourth-order valence-corrected chi connectivity index (χ4v) is 3.12. The number of carbonyl (C=O) groups excluding carboxylic acids is 1. The van der Waals surface area contributed by atoms with E-state index < -0.39 is 5.41 Å². The van der Waals surface area contributed by atoms with E-state index in [4.69, 9.17) is 18.0 Å². The topological polar surface area (TPSA) is 46.3 Å². The van der Waals surface area contributed by atoms with Crippen LogP contribution < -0.4 is 5.73 Å². The Labute approximate surface area is 110 Å². The second-order valence-electron chi connectivity index (χ2n) is 5.53. The molecule has 1 aliphatic rings. The van der Waals surface area contributed by atoms with Gasteiger partial charge in [0.2, 0.25) is 5.91 Å². The van der Waals surface area contributed by atoms with Gasteiger partial charge in [-0.3, -0.25) is 4.79 Å². The highest BCUT2D eigenvalue weighted by atomic mass is 32.1. The number of carbonyl (C=O) groups is 1. The molecule has 0 aromatic carbocycles. The van der Waals surface area contributed by atoms with Crippen LogP contribution in [0, 0.1) is 5.41 Å². The monoisotopic (exact) mass is 256 g/mol. The number of amides is 1. The first-order valence-corrected chi connectivity index (χ1v) is 6.84. The van der Waals surface area contributed by atoms with Crippen LogP contribution >= 0.6 is 12.2 Å². The highest BCUT2D eigenvalue weighted by Crippen LogP contribution is 2.36. The quantitative estimate of drug-likeness (QED) is 0.786. The molecule has 0 spiro atoms. The molecule has 1 heterocycles. The molecule has 4 heteroatoms. The van der Waals surface area contributed by atoms with Gasteiger partial charge >= 0.3 is 0 Å². The molecule has 0 radical (unpaired) electrons. The minimum atomic E-state index is -0.642. The first-order valence-electron chi connectivity index (χ1n) is 6.44. The van der Waals surface area contributed by atoms with Crippen molar-refractivity contribution in [2.24, 2.45) is 11.1 Å². The third kappa shape index (κ3) is 2.32. The Morgan fingerprint density at radius 3 is 2.24 bits per heavy atom. The largest absolute Gasteiger partial charge is 0.392 e. The van der Waals surface area contributed by atoms with E-state index in [9.17, 15) is 4.79 Å². The van der Waals surface area contributed by atoms with Gasteiger partial charge in [0.05, 0.1) is 10.4 Å². The Hall–Kier alpha value is -0.640. The van der Waals surface area contributed by atoms with Crippen molar-refractivity contribution < 1.29 is 4.79 Å². The molecule has 0 aromatic heterocycles. The molecule has 98 valence electrons. The molecule has 1 saturated heterocycles. The number of rotatable bonds is 4. The summed E-state index contributed by atoms with van der Waals surface area (Å²) >= 11 is 5.14. The van der Waals surface area contributed by atoms with Gasteiger partial charge in [0.1, 0.15) is 0 Å². The number of hydrogen-bond acceptors (Lipinski definition) is 2. The van der Waals surface area contributed by atoms with Crippen LogP contribution in [0.4, 0.5) is 0 Å². The smallest absolute Gasteiger partial charge is 0.236 e. The van der Waals surface area contributed by atoms with E-state index in [-0.39, 0.29) is 11.4 Å². The number of nitrogens with two attached hydrogens (primary N) is 1. The van der Waals surface area contributed by atoms with Gasteiger partial charge in [0.15, 0.2) is 0 Å². The van der Waals surface area contributed by atoms with Gasteiger partial charge in [-0.05, 0) is 39.5 Å². The van der Waals surface area contributed by atoms with Gasteiger partial charge in [-0.2, -0.15) is 0 Å². The van der Waals surface area contributed by atoms with E-state index in [0.29, 0.717) is 17.8 Å². The lowest BCUT2D eigenvalue weighted by Gasteiger charge is -2.39. The predicted molar refractivity (Wildman–Crippen MR) is 74.8 cm³/mol. The SMILES string of the molecule is CCC(CC)(C(=O)N1CCCC1(C)C)C(N)=S. The molecule has 17 heavy (non-hydrogen) atoms. The van der Waals surface area contributed by atoms with Crippen molar-refractivity contribution in [3.05, 3.63) is 0 Å². The summed E-state index contributed by atoms with van der Waals surface area (Å²) in [5.74, 6) is 0.123. The van der Waals surface area contributed by atoms with Crippen molar-refractivity contribution in [2.45, 2.75) is 58.9 Å². The molecule has 1 rings (SSSR count). The van der Waals surface area contributed by atoms with Crippen LogP contribution in [0.25, 0.3) is 0 Å². The van der Waals surface area contributed by atoms with Crippen molar-refractivity contribution >= 4 is 23.1 Å². The van der Waals surface area contributed by atoms with E-state index >= 15 is 0 Å². The van der Waals surface area contributed by atoms with Crippen LogP contribution in [0.5, 0.6) is 0 Å². The predicted octanol–water partition coefficient (Wildman–Crippen LogP) is 2.48. The standard InChI is InChI=1S/C13H24N2OS/c1-5-13(6-2,10(14)17)11(16)15-9-7-8-12(15,3)4/h5-9H2,1-4H3,(H2,14,17). The van der Waals surface area contributed by atoms with Crippen LogP contribution in [0.2, 0.25) is 0 Å². The number of likely N-dealkylation sites (tertiary alicyclic amines) is 1. The summed E-state index contributed by atoms with van der Waals surface area (Å²) in [4.78, 5) is 15.1. The van der Waals surface area contributed by atoms with Crippen molar-refractivity contribution in [1.29, 1.82) is 0 Å². The molecule has 1 fully saturated rings. The molecular weight excluding hydrogens is 232 g/mol. The lowest BCUT2D eigenvalue weighted by Crippen LogP contribution is -2.54. The van der Waals surface area contributed by atoms with Gasteiger partial charge in [-0.1, -0.05) is 26.1 Å². The molecule has 0 unspecified atom stereocenters. The fraction of sp³-hybridized carbons (Fsp3) is 0.846. The third-order valence-electron chi connectivity index (χ3n) is 4.23. The molecule has 0 aliphatic carbocycles. The molecule has 0 aromatic rings. The number of nitrogens with zero attached hydrogens (tertiary/aromatic N) is 1. The Kier molecular flexibility index (Phi) is 4.18. The Balaban J connectivity index is 3.05. The third-order valence-corrected chi connectivity index (χ3v) is 4.63. The Bertz CT molecular complexity index is 321. The molecule has 3 nitrogen and oxygen atoms in total. The van der Waals surface area contributed by atoms with E-state index in [1.54, 1.807) is 0 Å². The zero-order chi connectivity index (χ0) is 13.3. The minimum absolute atomic E-state index is 0.0581. The maximum atomic E-state index is 12.7. The highest BCUT2D eigenvalue weighted by molar-refractivity contribution is 7.80. The summed E-state index contributed by atoms with van der Waals surface area (Å²) in [5, 5.41) is 0. The van der Waals surface area contributed by atoms with E-state index in [1.165, 1.54) is 0 Å². The summed E-state index contributed by atoms with van der Waals surface area (Å²) in [7, 11) is 0. The lowest BCUT2D eigenvalue weighted by atomic mass is 9.80. The van der Waals surface area contributed by atoms with Crippen LogP contribution in [0.15, 0.2) is 0 Å². The molecule has 1 amide bonds. The van der Waals surface area contributed by atoms with Crippen LogP contribution in [0.1, 0.15) is 53.4 Å². The van der Waals surface area contributed by atoms with Gasteiger partial charge in [0.25, 0.3) is 0 Å². The molecule has 1 aliphatic heterocycles. The van der Waals surface area contributed by atoms with Gasteiger partial charge < -0.3 is 10.6 Å². The van der Waals surface area contributed by atoms with Gasteiger partial charge in [-0.15, -0.1) is 0 Å². The summed E-state index contributed by atoms with van der Waals surface area (Å²) in [5.41, 5.74) is 5.13. The van der Waals surface area contributed by atoms with Gasteiger partial charge in [-0.25, -0.2) is 0 Å². The summed E-state index contributed by atoms with van der Waals surface area (Å²) < 4.78 is 0. The summed E-state index contributed by atoms with van der Waals surface area (Å²) in [6.45, 7) is 9.05. The first kappa shape index (κ1) is 14.4. The van der Waals surface area contributed by atoms with E-state index in [0.717, 1.165) is 19.4 Å². The first-order chi connectivity index (χ1) is 7.81. The molecule has 0 bridgehead atoms. The van der Waals surface area contributed by atoms with Gasteiger partial charge in [0, 0.05) is 12.1 Å².